The number of hydrogen-bond acceptors (Lipinski definition) is 4. The molecular weight excluding hydrogens is 274 g/mol. The maximum absolute atomic E-state index is 11.3. The van der Waals surface area contributed by atoms with Gasteiger partial charge in [0.25, 0.3) is 0 Å². The van der Waals surface area contributed by atoms with Gasteiger partial charge in [-0.15, -0.1) is 0 Å². The maximum atomic E-state index is 11.3. The molecule has 0 aliphatic carbocycles. The molecule has 0 aromatic heterocycles. The van der Waals surface area contributed by atoms with Crippen LogP contribution in [0.15, 0.2) is 18.2 Å². The van der Waals surface area contributed by atoms with Gasteiger partial charge in [-0.25, -0.2) is 8.42 Å². The molecule has 0 saturated heterocycles. The van der Waals surface area contributed by atoms with Gasteiger partial charge in [-0.05, 0) is 18.2 Å². The van der Waals surface area contributed by atoms with Gasteiger partial charge in [-0.2, -0.15) is 0 Å². The average Bonchev–Trinajstić information content (AvgIpc) is 2.35. The van der Waals surface area contributed by atoms with Crippen LogP contribution in [0.25, 0.3) is 0 Å². The molecule has 1 aromatic rings. The molecule has 0 aliphatic heterocycles. The van der Waals surface area contributed by atoms with Crippen LogP contribution in [0.1, 0.15) is 12.5 Å². The van der Waals surface area contributed by atoms with E-state index in [9.17, 15) is 8.42 Å². The standard InChI is InChI=1S/C12H18ClNO3S/c1-3-18(15,16)7-6-14-9-10-8-11(13)4-5-12(10)17-2/h4-5,8,14H,3,6-7,9H2,1-2H3. The summed E-state index contributed by atoms with van der Waals surface area (Å²) < 4.78 is 27.8. The molecule has 0 heterocycles. The predicted octanol–water partition coefficient (Wildman–Crippen LogP) is 1.87. The van der Waals surface area contributed by atoms with Crippen molar-refractivity contribution in [2.75, 3.05) is 25.2 Å². The van der Waals surface area contributed by atoms with E-state index < -0.39 is 9.84 Å². The summed E-state index contributed by atoms with van der Waals surface area (Å²) in [6, 6.07) is 5.36. The molecule has 0 amide bonds. The summed E-state index contributed by atoms with van der Waals surface area (Å²) in [5.41, 5.74) is 0.916. The Morgan fingerprint density at radius 3 is 2.72 bits per heavy atom. The molecule has 1 rings (SSSR count). The molecule has 1 aromatic carbocycles. The Morgan fingerprint density at radius 1 is 1.39 bits per heavy atom. The third kappa shape index (κ3) is 4.84. The summed E-state index contributed by atoms with van der Waals surface area (Å²) in [7, 11) is -1.33. The van der Waals surface area contributed by atoms with E-state index in [0.29, 0.717) is 18.1 Å². The van der Waals surface area contributed by atoms with Crippen molar-refractivity contribution in [3.8, 4) is 5.75 Å². The fourth-order valence-electron chi connectivity index (χ4n) is 1.48. The zero-order chi connectivity index (χ0) is 13.6. The first-order valence-corrected chi connectivity index (χ1v) is 7.92. The molecule has 0 radical (unpaired) electrons. The quantitative estimate of drug-likeness (QED) is 0.779. The number of methoxy groups -OCH3 is 1. The fourth-order valence-corrected chi connectivity index (χ4v) is 2.42. The summed E-state index contributed by atoms with van der Waals surface area (Å²) in [6.45, 7) is 2.60. The van der Waals surface area contributed by atoms with Crippen LogP contribution < -0.4 is 10.1 Å². The lowest BCUT2D eigenvalue weighted by atomic mass is 10.2. The topological polar surface area (TPSA) is 55.4 Å². The summed E-state index contributed by atoms with van der Waals surface area (Å²) in [5, 5.41) is 3.71. The van der Waals surface area contributed by atoms with E-state index in [4.69, 9.17) is 16.3 Å². The molecule has 0 fully saturated rings. The van der Waals surface area contributed by atoms with Crippen molar-refractivity contribution in [2.24, 2.45) is 0 Å². The van der Waals surface area contributed by atoms with Crippen LogP contribution in [0.5, 0.6) is 5.75 Å². The number of halogens is 1. The highest BCUT2D eigenvalue weighted by molar-refractivity contribution is 7.91. The first-order chi connectivity index (χ1) is 8.48. The molecule has 4 nitrogen and oxygen atoms in total. The van der Waals surface area contributed by atoms with Crippen LogP contribution in [0, 0.1) is 0 Å². The summed E-state index contributed by atoms with van der Waals surface area (Å²) >= 11 is 5.90. The lowest BCUT2D eigenvalue weighted by Crippen LogP contribution is -2.23. The van der Waals surface area contributed by atoms with Crippen molar-refractivity contribution in [1.29, 1.82) is 0 Å². The van der Waals surface area contributed by atoms with E-state index in [-0.39, 0.29) is 11.5 Å². The Balaban J connectivity index is 2.51. The second-order valence-corrected chi connectivity index (χ2v) is 6.78. The largest absolute Gasteiger partial charge is 0.496 e. The Labute approximate surface area is 113 Å². The van der Waals surface area contributed by atoms with Crippen molar-refractivity contribution in [3.63, 3.8) is 0 Å². The summed E-state index contributed by atoms with van der Waals surface area (Å²) in [5.74, 6) is 1.06. The monoisotopic (exact) mass is 291 g/mol. The molecule has 0 bridgehead atoms. The fraction of sp³-hybridized carbons (Fsp3) is 0.500. The van der Waals surface area contributed by atoms with Crippen LogP contribution in [-0.4, -0.2) is 33.6 Å². The molecule has 6 heteroatoms. The minimum Gasteiger partial charge on any atom is -0.496 e. The zero-order valence-corrected chi connectivity index (χ0v) is 12.1. The number of rotatable bonds is 7. The van der Waals surface area contributed by atoms with Gasteiger partial charge in [0.05, 0.1) is 12.9 Å². The molecule has 0 atom stereocenters. The van der Waals surface area contributed by atoms with Gasteiger partial charge in [-0.3, -0.25) is 0 Å². The van der Waals surface area contributed by atoms with Gasteiger partial charge in [0, 0.05) is 29.4 Å². The van der Waals surface area contributed by atoms with Crippen LogP contribution in [0.3, 0.4) is 0 Å². The number of sulfone groups is 1. The Bertz CT molecular complexity index is 488. The smallest absolute Gasteiger partial charge is 0.151 e. The van der Waals surface area contributed by atoms with Crippen molar-refractivity contribution >= 4 is 21.4 Å². The number of hydrogen-bond donors (Lipinski definition) is 1. The van der Waals surface area contributed by atoms with Gasteiger partial charge in [0.15, 0.2) is 9.84 Å². The highest BCUT2D eigenvalue weighted by Crippen LogP contribution is 2.22. The van der Waals surface area contributed by atoms with Gasteiger partial charge in [0.1, 0.15) is 5.75 Å². The summed E-state index contributed by atoms with van der Waals surface area (Å²) in [4.78, 5) is 0. The van der Waals surface area contributed by atoms with E-state index in [2.05, 4.69) is 5.32 Å². The summed E-state index contributed by atoms with van der Waals surface area (Å²) in [6.07, 6.45) is 0. The lowest BCUT2D eigenvalue weighted by molar-refractivity contribution is 0.408. The molecule has 0 spiro atoms. The minimum absolute atomic E-state index is 0.145. The van der Waals surface area contributed by atoms with Crippen LogP contribution in [0.2, 0.25) is 5.02 Å². The Kier molecular flexibility index (Phi) is 5.91. The number of benzene rings is 1. The molecule has 0 aliphatic rings. The van der Waals surface area contributed by atoms with Gasteiger partial charge < -0.3 is 10.1 Å². The van der Waals surface area contributed by atoms with E-state index in [1.54, 1.807) is 26.2 Å². The molecule has 102 valence electrons. The predicted molar refractivity (Wildman–Crippen MR) is 74.0 cm³/mol. The lowest BCUT2D eigenvalue weighted by Gasteiger charge is -2.10. The number of ether oxygens (including phenoxy) is 1. The second-order valence-electron chi connectivity index (χ2n) is 3.87. The highest BCUT2D eigenvalue weighted by Gasteiger charge is 2.07. The first kappa shape index (κ1) is 15.3. The van der Waals surface area contributed by atoms with Crippen LogP contribution >= 0.6 is 11.6 Å². The van der Waals surface area contributed by atoms with Gasteiger partial charge >= 0.3 is 0 Å². The number of nitrogens with one attached hydrogen (secondary N) is 1. The van der Waals surface area contributed by atoms with Crippen molar-refractivity contribution in [3.05, 3.63) is 28.8 Å². The van der Waals surface area contributed by atoms with Crippen LogP contribution in [-0.2, 0) is 16.4 Å². The first-order valence-electron chi connectivity index (χ1n) is 5.72. The van der Waals surface area contributed by atoms with Crippen molar-refractivity contribution in [1.82, 2.24) is 5.32 Å². The Hall–Kier alpha value is -0.780. The van der Waals surface area contributed by atoms with E-state index >= 15 is 0 Å². The van der Waals surface area contributed by atoms with E-state index in [0.717, 1.165) is 11.3 Å². The second kappa shape index (κ2) is 6.97. The van der Waals surface area contributed by atoms with E-state index in [1.807, 2.05) is 6.07 Å². The average molecular weight is 292 g/mol. The molecule has 0 saturated carbocycles. The molecule has 1 N–H and O–H groups in total. The van der Waals surface area contributed by atoms with E-state index in [1.165, 1.54) is 0 Å². The maximum Gasteiger partial charge on any atom is 0.151 e. The van der Waals surface area contributed by atoms with Crippen LogP contribution in [0.4, 0.5) is 0 Å². The van der Waals surface area contributed by atoms with Crippen molar-refractivity contribution < 1.29 is 13.2 Å². The third-order valence-electron chi connectivity index (χ3n) is 2.59. The van der Waals surface area contributed by atoms with Crippen molar-refractivity contribution in [2.45, 2.75) is 13.5 Å². The Morgan fingerprint density at radius 2 is 2.11 bits per heavy atom. The SMILES string of the molecule is CCS(=O)(=O)CCNCc1cc(Cl)ccc1OC. The molecule has 18 heavy (non-hydrogen) atoms. The third-order valence-corrected chi connectivity index (χ3v) is 4.53. The molecular formula is C12H18ClNO3S. The minimum atomic E-state index is -2.92. The molecule has 0 unspecified atom stereocenters. The van der Waals surface area contributed by atoms with Gasteiger partial charge in [-0.1, -0.05) is 18.5 Å². The highest BCUT2D eigenvalue weighted by atomic mass is 35.5. The van der Waals surface area contributed by atoms with Gasteiger partial charge in [0.2, 0.25) is 0 Å². The zero-order valence-electron chi connectivity index (χ0n) is 10.6. The normalized spacial score (nSPS) is 11.5.